The summed E-state index contributed by atoms with van der Waals surface area (Å²) in [6, 6.07) is 0.231. The van der Waals surface area contributed by atoms with Gasteiger partial charge in [-0.15, -0.1) is 0 Å². The molecule has 0 radical (unpaired) electrons. The fraction of sp³-hybridized carbons (Fsp3) is 0.857. The molecule has 0 aromatic rings. The first-order valence-corrected chi connectivity index (χ1v) is 3.82. The molecule has 3 heteroatoms. The molecule has 0 spiro atoms. The highest BCUT2D eigenvalue weighted by atomic mass is 16.1. The lowest BCUT2D eigenvalue weighted by Crippen LogP contribution is -2.38. The molecule has 1 aliphatic rings. The zero-order chi connectivity index (χ0) is 7.40. The zero-order valence-corrected chi connectivity index (χ0v) is 6.10. The van der Waals surface area contributed by atoms with E-state index in [-0.39, 0.29) is 11.9 Å². The third kappa shape index (κ3) is 1.99. The van der Waals surface area contributed by atoms with Gasteiger partial charge in [0.25, 0.3) is 0 Å². The van der Waals surface area contributed by atoms with Crippen LogP contribution >= 0.6 is 0 Å². The smallest absolute Gasteiger partial charge is 0.220 e. The molecular weight excluding hydrogens is 128 g/mol. The summed E-state index contributed by atoms with van der Waals surface area (Å²) < 4.78 is 0. The Morgan fingerprint density at radius 1 is 1.60 bits per heavy atom. The van der Waals surface area contributed by atoms with Crippen molar-refractivity contribution >= 4 is 5.91 Å². The molecule has 3 nitrogen and oxygen atoms in total. The van der Waals surface area contributed by atoms with Gasteiger partial charge in [0.1, 0.15) is 0 Å². The highest BCUT2D eigenvalue weighted by Gasteiger charge is 2.13. The van der Waals surface area contributed by atoms with Crippen molar-refractivity contribution < 1.29 is 4.79 Å². The van der Waals surface area contributed by atoms with Gasteiger partial charge in [0, 0.05) is 19.0 Å². The summed E-state index contributed by atoms with van der Waals surface area (Å²) in [5, 5.41) is 2.86. The minimum Gasteiger partial charge on any atom is -0.352 e. The fourth-order valence-electron chi connectivity index (χ4n) is 1.23. The fourth-order valence-corrected chi connectivity index (χ4v) is 1.23. The molecule has 1 saturated heterocycles. The van der Waals surface area contributed by atoms with Gasteiger partial charge in [-0.2, -0.15) is 0 Å². The van der Waals surface area contributed by atoms with E-state index >= 15 is 0 Å². The average Bonchev–Trinajstić information content (AvgIpc) is 2.13. The first kappa shape index (κ1) is 7.54. The molecular formula is C7H14N2O. The van der Waals surface area contributed by atoms with Gasteiger partial charge in [0.15, 0.2) is 0 Å². The monoisotopic (exact) mass is 142 g/mol. The van der Waals surface area contributed by atoms with Crippen LogP contribution in [0.1, 0.15) is 25.7 Å². The summed E-state index contributed by atoms with van der Waals surface area (Å²) in [4.78, 5) is 10.9. The van der Waals surface area contributed by atoms with Gasteiger partial charge < -0.3 is 11.1 Å². The van der Waals surface area contributed by atoms with Crippen LogP contribution in [-0.2, 0) is 4.79 Å². The van der Waals surface area contributed by atoms with E-state index in [1.807, 2.05) is 0 Å². The van der Waals surface area contributed by atoms with Crippen LogP contribution in [0.15, 0.2) is 0 Å². The summed E-state index contributed by atoms with van der Waals surface area (Å²) in [5.74, 6) is 0.160. The quantitative estimate of drug-likeness (QED) is 0.541. The van der Waals surface area contributed by atoms with Crippen LogP contribution in [0, 0.1) is 0 Å². The van der Waals surface area contributed by atoms with E-state index in [9.17, 15) is 4.79 Å². The standard InChI is InChI=1S/C7H14N2O/c8-5-6-3-1-2-4-7(10)9-6/h6H,1-5,8H2,(H,9,10)/t6-/m0/s1. The lowest BCUT2D eigenvalue weighted by molar-refractivity contribution is -0.121. The first-order chi connectivity index (χ1) is 4.83. The van der Waals surface area contributed by atoms with Crippen LogP contribution in [0.3, 0.4) is 0 Å². The lowest BCUT2D eigenvalue weighted by atomic mass is 10.1. The van der Waals surface area contributed by atoms with E-state index in [0.29, 0.717) is 13.0 Å². The van der Waals surface area contributed by atoms with E-state index in [0.717, 1.165) is 19.3 Å². The topological polar surface area (TPSA) is 55.1 Å². The van der Waals surface area contributed by atoms with Crippen molar-refractivity contribution in [3.05, 3.63) is 0 Å². The highest BCUT2D eigenvalue weighted by molar-refractivity contribution is 5.76. The number of carbonyl (C=O) groups is 1. The molecule has 0 aromatic heterocycles. The van der Waals surface area contributed by atoms with Crippen LogP contribution in [0.2, 0.25) is 0 Å². The minimum atomic E-state index is 0.160. The third-order valence-corrected chi connectivity index (χ3v) is 1.86. The number of nitrogens with two attached hydrogens (primary N) is 1. The van der Waals surface area contributed by atoms with Crippen molar-refractivity contribution in [1.29, 1.82) is 0 Å². The van der Waals surface area contributed by atoms with Gasteiger partial charge in [0.05, 0.1) is 0 Å². The molecule has 58 valence electrons. The molecule has 1 heterocycles. The lowest BCUT2D eigenvalue weighted by Gasteiger charge is -2.11. The Balaban J connectivity index is 2.38. The third-order valence-electron chi connectivity index (χ3n) is 1.86. The number of hydrogen-bond donors (Lipinski definition) is 2. The summed E-state index contributed by atoms with van der Waals surface area (Å²) in [6.45, 7) is 0.575. The van der Waals surface area contributed by atoms with Gasteiger partial charge in [-0.1, -0.05) is 6.42 Å². The number of carbonyl (C=O) groups excluding carboxylic acids is 1. The maximum atomic E-state index is 10.9. The molecule has 1 rings (SSSR count). The number of nitrogens with one attached hydrogen (secondary N) is 1. The van der Waals surface area contributed by atoms with E-state index < -0.39 is 0 Å². The molecule has 1 aliphatic heterocycles. The maximum absolute atomic E-state index is 10.9. The van der Waals surface area contributed by atoms with Crippen LogP contribution in [0.25, 0.3) is 0 Å². The Kier molecular flexibility index (Phi) is 2.68. The Morgan fingerprint density at radius 3 is 3.10 bits per heavy atom. The average molecular weight is 142 g/mol. The van der Waals surface area contributed by atoms with E-state index in [1.54, 1.807) is 0 Å². The second-order valence-electron chi connectivity index (χ2n) is 2.75. The molecule has 0 unspecified atom stereocenters. The molecule has 0 saturated carbocycles. The number of amides is 1. The molecule has 0 aromatic carbocycles. The Bertz CT molecular complexity index is 125. The van der Waals surface area contributed by atoms with Crippen molar-refractivity contribution in [2.24, 2.45) is 5.73 Å². The Labute approximate surface area is 61.0 Å². The number of hydrogen-bond acceptors (Lipinski definition) is 2. The highest BCUT2D eigenvalue weighted by Crippen LogP contribution is 2.07. The van der Waals surface area contributed by atoms with Gasteiger partial charge in [-0.05, 0) is 12.8 Å². The van der Waals surface area contributed by atoms with Crippen LogP contribution < -0.4 is 11.1 Å². The summed E-state index contributed by atoms with van der Waals surface area (Å²) in [5.41, 5.74) is 5.42. The molecule has 1 amide bonds. The second-order valence-corrected chi connectivity index (χ2v) is 2.75. The summed E-state index contributed by atoms with van der Waals surface area (Å²) in [6.07, 6.45) is 3.86. The largest absolute Gasteiger partial charge is 0.352 e. The van der Waals surface area contributed by atoms with Crippen LogP contribution in [0.5, 0.6) is 0 Å². The molecule has 3 N–H and O–H groups in total. The molecule has 1 fully saturated rings. The van der Waals surface area contributed by atoms with E-state index in [4.69, 9.17) is 5.73 Å². The van der Waals surface area contributed by atoms with Crippen molar-refractivity contribution in [2.75, 3.05) is 6.54 Å². The van der Waals surface area contributed by atoms with Crippen molar-refractivity contribution in [1.82, 2.24) is 5.32 Å². The molecule has 0 bridgehead atoms. The SMILES string of the molecule is NC[C@@H]1CCCCC(=O)N1. The number of rotatable bonds is 1. The molecule has 0 aliphatic carbocycles. The minimum absolute atomic E-state index is 0.160. The van der Waals surface area contributed by atoms with Gasteiger partial charge in [-0.25, -0.2) is 0 Å². The summed E-state index contributed by atoms with van der Waals surface area (Å²) in [7, 11) is 0. The van der Waals surface area contributed by atoms with Crippen molar-refractivity contribution in [3.8, 4) is 0 Å². The Morgan fingerprint density at radius 2 is 2.40 bits per heavy atom. The van der Waals surface area contributed by atoms with E-state index in [2.05, 4.69) is 5.32 Å². The van der Waals surface area contributed by atoms with Gasteiger partial charge in [-0.3, -0.25) is 4.79 Å². The Hall–Kier alpha value is -0.570. The predicted molar refractivity (Wildman–Crippen MR) is 39.5 cm³/mol. The van der Waals surface area contributed by atoms with Gasteiger partial charge >= 0.3 is 0 Å². The predicted octanol–water partition coefficient (Wildman–Crippen LogP) is 0.00390. The summed E-state index contributed by atoms with van der Waals surface area (Å²) >= 11 is 0. The van der Waals surface area contributed by atoms with Crippen LogP contribution in [-0.4, -0.2) is 18.5 Å². The zero-order valence-electron chi connectivity index (χ0n) is 6.10. The second kappa shape index (κ2) is 3.56. The molecule has 10 heavy (non-hydrogen) atoms. The van der Waals surface area contributed by atoms with Gasteiger partial charge in [0.2, 0.25) is 5.91 Å². The molecule has 1 atom stereocenters. The van der Waals surface area contributed by atoms with E-state index in [1.165, 1.54) is 0 Å². The normalized spacial score (nSPS) is 27.3. The van der Waals surface area contributed by atoms with Crippen molar-refractivity contribution in [3.63, 3.8) is 0 Å². The maximum Gasteiger partial charge on any atom is 0.220 e. The van der Waals surface area contributed by atoms with Crippen LogP contribution in [0.4, 0.5) is 0 Å². The van der Waals surface area contributed by atoms with Crippen molar-refractivity contribution in [2.45, 2.75) is 31.7 Å². The first-order valence-electron chi connectivity index (χ1n) is 3.82.